The molecule has 1 heterocycles. The fraction of sp³-hybridized carbons (Fsp3) is 0.571. The van der Waals surface area contributed by atoms with Gasteiger partial charge in [0.1, 0.15) is 5.82 Å². The molecule has 1 aromatic heterocycles. The zero-order valence-corrected chi connectivity index (χ0v) is 16.6. The first-order valence-corrected chi connectivity index (χ1v) is 9.94. The van der Waals surface area contributed by atoms with Crippen molar-refractivity contribution in [1.29, 1.82) is 0 Å². The highest BCUT2D eigenvalue weighted by Gasteiger charge is 2.19. The van der Waals surface area contributed by atoms with Gasteiger partial charge >= 0.3 is 6.01 Å². The molecule has 0 aliphatic rings. The lowest BCUT2D eigenvalue weighted by Gasteiger charge is -2.05. The molecule has 0 spiro atoms. The van der Waals surface area contributed by atoms with Crippen LogP contribution in [0.1, 0.15) is 76.9 Å². The lowest BCUT2D eigenvalue weighted by atomic mass is 10.1. The lowest BCUT2D eigenvalue weighted by molar-refractivity contribution is 0.0881. The predicted octanol–water partition coefficient (Wildman–Crippen LogP) is 5.65. The van der Waals surface area contributed by atoms with E-state index in [0.29, 0.717) is 17.8 Å². The molecule has 148 valence electrons. The number of carbonyl (C=O) groups excluding carboxylic acids is 1. The Morgan fingerprint density at radius 1 is 1.15 bits per heavy atom. The Balaban J connectivity index is 2.05. The van der Waals surface area contributed by atoms with Crippen molar-refractivity contribution >= 4 is 5.91 Å². The number of benzene rings is 1. The molecule has 2 aromatic rings. The van der Waals surface area contributed by atoms with E-state index in [0.717, 1.165) is 19.3 Å². The number of hydrogen-bond donors (Lipinski definition) is 0. The molecule has 0 radical (unpaired) electrons. The summed E-state index contributed by atoms with van der Waals surface area (Å²) in [6, 6.07) is 6.14. The number of ether oxygens (including phenoxy) is 1. The van der Waals surface area contributed by atoms with Crippen LogP contribution in [0.5, 0.6) is 6.01 Å². The highest BCUT2D eigenvalue weighted by atomic mass is 19.1. The maximum atomic E-state index is 13.6. The van der Waals surface area contributed by atoms with Gasteiger partial charge in [0.05, 0.1) is 6.10 Å². The van der Waals surface area contributed by atoms with Crippen LogP contribution in [0.2, 0.25) is 0 Å². The topological polar surface area (TPSA) is 57.0 Å². The Labute approximate surface area is 161 Å². The van der Waals surface area contributed by atoms with Crippen LogP contribution in [0.15, 0.2) is 24.3 Å². The van der Waals surface area contributed by atoms with Gasteiger partial charge in [-0.15, -0.1) is 5.10 Å². The molecule has 0 aliphatic heterocycles. The third kappa shape index (κ3) is 6.77. The van der Waals surface area contributed by atoms with Gasteiger partial charge in [-0.05, 0) is 32.4 Å². The summed E-state index contributed by atoms with van der Waals surface area (Å²) < 4.78 is 20.4. The maximum Gasteiger partial charge on any atom is 0.336 e. The maximum absolute atomic E-state index is 13.6. The third-order valence-corrected chi connectivity index (χ3v) is 4.24. The number of halogens is 1. The fourth-order valence-electron chi connectivity index (χ4n) is 2.88. The number of aromatic nitrogens is 3. The van der Waals surface area contributed by atoms with Gasteiger partial charge < -0.3 is 4.74 Å². The standard InChI is InChI=1S/C21H30FN3O2/c1-4-5-6-7-8-9-10-14-19(26)25-20(17-12-11-13-18(22)15-17)23-21(24-25)27-16(2)3/h11-13,15-16H,4-10,14H2,1-3H3. The van der Waals surface area contributed by atoms with E-state index in [2.05, 4.69) is 17.0 Å². The van der Waals surface area contributed by atoms with E-state index in [1.807, 2.05) is 13.8 Å². The van der Waals surface area contributed by atoms with Crippen LogP contribution in [0, 0.1) is 5.82 Å². The average Bonchev–Trinajstić information content (AvgIpc) is 3.04. The Kier molecular flexibility index (Phi) is 8.43. The third-order valence-electron chi connectivity index (χ3n) is 4.24. The summed E-state index contributed by atoms with van der Waals surface area (Å²) in [4.78, 5) is 17.0. The summed E-state index contributed by atoms with van der Waals surface area (Å²) in [7, 11) is 0. The summed E-state index contributed by atoms with van der Waals surface area (Å²) in [5, 5.41) is 4.21. The quantitative estimate of drug-likeness (QED) is 0.476. The number of hydrogen-bond acceptors (Lipinski definition) is 4. The van der Waals surface area contributed by atoms with Gasteiger partial charge in [-0.25, -0.2) is 4.39 Å². The van der Waals surface area contributed by atoms with Crippen LogP contribution in [-0.4, -0.2) is 26.8 Å². The van der Waals surface area contributed by atoms with Crippen molar-refractivity contribution in [2.45, 2.75) is 78.2 Å². The molecule has 0 saturated carbocycles. The van der Waals surface area contributed by atoms with E-state index < -0.39 is 0 Å². The van der Waals surface area contributed by atoms with Crippen molar-refractivity contribution in [3.63, 3.8) is 0 Å². The van der Waals surface area contributed by atoms with E-state index in [-0.39, 0.29) is 23.8 Å². The van der Waals surface area contributed by atoms with Gasteiger partial charge in [-0.2, -0.15) is 9.67 Å². The van der Waals surface area contributed by atoms with Crippen molar-refractivity contribution in [1.82, 2.24) is 14.8 Å². The van der Waals surface area contributed by atoms with Crippen LogP contribution >= 0.6 is 0 Å². The number of nitrogens with zero attached hydrogens (tertiary/aromatic N) is 3. The fourth-order valence-corrected chi connectivity index (χ4v) is 2.88. The SMILES string of the molecule is CCCCCCCCCC(=O)n1nc(OC(C)C)nc1-c1cccc(F)c1. The minimum Gasteiger partial charge on any atom is -0.460 e. The van der Waals surface area contributed by atoms with E-state index >= 15 is 0 Å². The van der Waals surface area contributed by atoms with Crippen LogP contribution in [0.3, 0.4) is 0 Å². The Morgan fingerprint density at radius 3 is 2.52 bits per heavy atom. The van der Waals surface area contributed by atoms with Gasteiger partial charge in [0.25, 0.3) is 0 Å². The van der Waals surface area contributed by atoms with Crippen LogP contribution in [0.25, 0.3) is 11.4 Å². The second-order valence-electron chi connectivity index (χ2n) is 7.07. The summed E-state index contributed by atoms with van der Waals surface area (Å²) in [6.07, 6.45) is 8.23. The second kappa shape index (κ2) is 10.8. The van der Waals surface area contributed by atoms with Crippen molar-refractivity contribution < 1.29 is 13.9 Å². The Morgan fingerprint density at radius 2 is 1.85 bits per heavy atom. The average molecular weight is 375 g/mol. The molecule has 27 heavy (non-hydrogen) atoms. The monoisotopic (exact) mass is 375 g/mol. The number of rotatable bonds is 11. The van der Waals surface area contributed by atoms with E-state index in [9.17, 15) is 9.18 Å². The summed E-state index contributed by atoms with van der Waals surface area (Å²) in [6.45, 7) is 5.93. The van der Waals surface area contributed by atoms with Crippen molar-refractivity contribution in [3.05, 3.63) is 30.1 Å². The van der Waals surface area contributed by atoms with Gasteiger partial charge in [0, 0.05) is 12.0 Å². The lowest BCUT2D eigenvalue weighted by Crippen LogP contribution is -2.14. The molecule has 6 heteroatoms. The van der Waals surface area contributed by atoms with Crippen molar-refractivity contribution in [2.24, 2.45) is 0 Å². The molecule has 0 bridgehead atoms. The molecular weight excluding hydrogens is 345 g/mol. The molecular formula is C21H30FN3O2. The van der Waals surface area contributed by atoms with Crippen LogP contribution < -0.4 is 4.74 Å². The second-order valence-corrected chi connectivity index (χ2v) is 7.07. The highest BCUT2D eigenvalue weighted by Crippen LogP contribution is 2.22. The normalized spacial score (nSPS) is 11.1. The molecule has 0 unspecified atom stereocenters. The molecule has 0 fully saturated rings. The largest absolute Gasteiger partial charge is 0.460 e. The number of unbranched alkanes of at least 4 members (excludes halogenated alkanes) is 6. The van der Waals surface area contributed by atoms with Gasteiger partial charge in [0.2, 0.25) is 5.91 Å². The number of carbonyl (C=O) groups is 1. The van der Waals surface area contributed by atoms with Crippen LogP contribution in [-0.2, 0) is 0 Å². The summed E-state index contributed by atoms with van der Waals surface area (Å²) in [5.74, 6) is -0.208. The highest BCUT2D eigenvalue weighted by molar-refractivity contribution is 5.82. The first-order chi connectivity index (χ1) is 13.0. The van der Waals surface area contributed by atoms with Gasteiger partial charge in [-0.1, -0.05) is 57.6 Å². The first-order valence-electron chi connectivity index (χ1n) is 9.94. The molecule has 2 rings (SSSR count). The zero-order valence-electron chi connectivity index (χ0n) is 16.6. The molecule has 0 amide bonds. The first kappa shape index (κ1) is 21.1. The summed E-state index contributed by atoms with van der Waals surface area (Å²) >= 11 is 0. The molecule has 0 saturated heterocycles. The smallest absolute Gasteiger partial charge is 0.336 e. The van der Waals surface area contributed by atoms with Crippen molar-refractivity contribution in [2.75, 3.05) is 0 Å². The zero-order chi connectivity index (χ0) is 19.6. The van der Waals surface area contributed by atoms with E-state index in [1.165, 1.54) is 42.5 Å². The molecule has 1 aromatic carbocycles. The molecule has 0 aliphatic carbocycles. The molecule has 0 atom stereocenters. The van der Waals surface area contributed by atoms with Gasteiger partial charge in [0.15, 0.2) is 5.82 Å². The minimum atomic E-state index is -0.382. The van der Waals surface area contributed by atoms with E-state index in [1.54, 1.807) is 12.1 Å². The summed E-state index contributed by atoms with van der Waals surface area (Å²) in [5.41, 5.74) is 0.508. The minimum absolute atomic E-state index is 0.112. The van der Waals surface area contributed by atoms with Gasteiger partial charge in [-0.3, -0.25) is 4.79 Å². The predicted molar refractivity (Wildman–Crippen MR) is 104 cm³/mol. The molecule has 0 N–H and O–H groups in total. The Hall–Kier alpha value is -2.24. The Bertz CT molecular complexity index is 728. The van der Waals surface area contributed by atoms with E-state index in [4.69, 9.17) is 4.74 Å². The van der Waals surface area contributed by atoms with Crippen LogP contribution in [0.4, 0.5) is 4.39 Å². The van der Waals surface area contributed by atoms with Crippen molar-refractivity contribution in [3.8, 4) is 17.4 Å². The molecule has 5 nitrogen and oxygen atoms in total.